The standard InChI is InChI=1S/C28H36N2/c1-5-21(6-2)24-17-14-18-25(22(7-3)8-4)28(24)30-27-20-13-12-19-26(27)29-23-15-10-9-11-16-23/h9-22,29-30H,5-8H2,1-4H3. The summed E-state index contributed by atoms with van der Waals surface area (Å²) in [5.41, 5.74) is 7.51. The van der Waals surface area contributed by atoms with Gasteiger partial charge in [-0.3, -0.25) is 0 Å². The molecule has 0 aliphatic rings. The van der Waals surface area contributed by atoms with Crippen LogP contribution in [0.25, 0.3) is 0 Å². The minimum Gasteiger partial charge on any atom is -0.354 e. The second kappa shape index (κ2) is 10.9. The van der Waals surface area contributed by atoms with Crippen molar-refractivity contribution in [1.29, 1.82) is 0 Å². The van der Waals surface area contributed by atoms with Crippen LogP contribution < -0.4 is 10.6 Å². The lowest BCUT2D eigenvalue weighted by molar-refractivity contribution is 0.627. The van der Waals surface area contributed by atoms with Crippen LogP contribution in [0, 0.1) is 0 Å². The normalized spacial score (nSPS) is 11.1. The molecule has 158 valence electrons. The van der Waals surface area contributed by atoms with E-state index in [0.29, 0.717) is 11.8 Å². The molecule has 3 aromatic carbocycles. The summed E-state index contributed by atoms with van der Waals surface area (Å²) < 4.78 is 0. The van der Waals surface area contributed by atoms with Crippen molar-refractivity contribution in [2.45, 2.75) is 65.2 Å². The quantitative estimate of drug-likeness (QED) is 0.355. The number of benzene rings is 3. The molecule has 2 nitrogen and oxygen atoms in total. The van der Waals surface area contributed by atoms with Crippen LogP contribution in [0.5, 0.6) is 0 Å². The second-order valence-electron chi connectivity index (χ2n) is 8.00. The first kappa shape index (κ1) is 22.0. The van der Waals surface area contributed by atoms with Crippen molar-refractivity contribution in [3.63, 3.8) is 0 Å². The molecule has 0 fully saturated rings. The van der Waals surface area contributed by atoms with Gasteiger partial charge in [-0.15, -0.1) is 0 Å². The fourth-order valence-electron chi connectivity index (χ4n) is 4.38. The van der Waals surface area contributed by atoms with Gasteiger partial charge in [-0.25, -0.2) is 0 Å². The topological polar surface area (TPSA) is 24.1 Å². The van der Waals surface area contributed by atoms with Gasteiger partial charge in [0.25, 0.3) is 0 Å². The van der Waals surface area contributed by atoms with Crippen LogP contribution in [0.3, 0.4) is 0 Å². The van der Waals surface area contributed by atoms with E-state index >= 15 is 0 Å². The van der Waals surface area contributed by atoms with Crippen molar-refractivity contribution < 1.29 is 0 Å². The summed E-state index contributed by atoms with van der Waals surface area (Å²) in [5, 5.41) is 7.45. The number of para-hydroxylation sites is 4. The molecule has 0 saturated carbocycles. The lowest BCUT2D eigenvalue weighted by Gasteiger charge is -2.26. The van der Waals surface area contributed by atoms with E-state index in [0.717, 1.165) is 42.7 Å². The number of hydrogen-bond acceptors (Lipinski definition) is 2. The van der Waals surface area contributed by atoms with Gasteiger partial charge in [0.2, 0.25) is 0 Å². The third-order valence-corrected chi connectivity index (χ3v) is 6.22. The maximum absolute atomic E-state index is 3.87. The lowest BCUT2D eigenvalue weighted by atomic mass is 9.85. The van der Waals surface area contributed by atoms with Gasteiger partial charge in [-0.2, -0.15) is 0 Å². The van der Waals surface area contributed by atoms with E-state index < -0.39 is 0 Å². The highest BCUT2D eigenvalue weighted by atomic mass is 15.0. The van der Waals surface area contributed by atoms with E-state index in [1.165, 1.54) is 16.8 Å². The Morgan fingerprint density at radius 3 is 1.50 bits per heavy atom. The lowest BCUT2D eigenvalue weighted by Crippen LogP contribution is -2.08. The van der Waals surface area contributed by atoms with Crippen LogP contribution in [-0.4, -0.2) is 0 Å². The van der Waals surface area contributed by atoms with Crippen molar-refractivity contribution in [1.82, 2.24) is 0 Å². The molecular formula is C28H36N2. The van der Waals surface area contributed by atoms with E-state index in [2.05, 4.69) is 105 Å². The molecule has 0 unspecified atom stereocenters. The van der Waals surface area contributed by atoms with Gasteiger partial charge >= 0.3 is 0 Å². The number of nitrogens with one attached hydrogen (secondary N) is 2. The summed E-state index contributed by atoms with van der Waals surface area (Å²) >= 11 is 0. The van der Waals surface area contributed by atoms with Crippen LogP contribution in [0.4, 0.5) is 22.7 Å². The molecule has 0 radical (unpaired) electrons. The first-order chi connectivity index (χ1) is 14.7. The van der Waals surface area contributed by atoms with E-state index in [4.69, 9.17) is 0 Å². The molecule has 0 heterocycles. The van der Waals surface area contributed by atoms with E-state index in [9.17, 15) is 0 Å². The van der Waals surface area contributed by atoms with E-state index in [-0.39, 0.29) is 0 Å². The zero-order chi connectivity index (χ0) is 21.3. The molecule has 2 heteroatoms. The minimum absolute atomic E-state index is 0.566. The van der Waals surface area contributed by atoms with Crippen molar-refractivity contribution in [3.05, 3.63) is 83.9 Å². The SMILES string of the molecule is CCC(CC)c1cccc(C(CC)CC)c1Nc1ccccc1Nc1ccccc1. The Morgan fingerprint density at radius 1 is 0.533 bits per heavy atom. The summed E-state index contributed by atoms with van der Waals surface area (Å²) in [6.07, 6.45) is 4.62. The van der Waals surface area contributed by atoms with E-state index in [1.807, 2.05) is 6.07 Å². The molecule has 0 atom stereocenters. The molecule has 0 aromatic heterocycles. The molecule has 0 aliphatic heterocycles. The summed E-state index contributed by atoms with van der Waals surface area (Å²) in [5.74, 6) is 1.13. The molecule has 2 N–H and O–H groups in total. The van der Waals surface area contributed by atoms with Crippen molar-refractivity contribution >= 4 is 22.7 Å². The van der Waals surface area contributed by atoms with Crippen LogP contribution >= 0.6 is 0 Å². The van der Waals surface area contributed by atoms with Crippen LogP contribution in [0.15, 0.2) is 72.8 Å². The molecule has 0 bridgehead atoms. The number of anilines is 4. The maximum atomic E-state index is 3.87. The highest BCUT2D eigenvalue weighted by molar-refractivity contribution is 5.80. The highest BCUT2D eigenvalue weighted by Crippen LogP contribution is 2.40. The molecule has 0 aliphatic carbocycles. The van der Waals surface area contributed by atoms with Gasteiger partial charge in [0.15, 0.2) is 0 Å². The zero-order valence-corrected chi connectivity index (χ0v) is 18.9. The first-order valence-electron chi connectivity index (χ1n) is 11.5. The number of hydrogen-bond donors (Lipinski definition) is 2. The van der Waals surface area contributed by atoms with Gasteiger partial charge in [0.1, 0.15) is 0 Å². The largest absolute Gasteiger partial charge is 0.354 e. The summed E-state index contributed by atoms with van der Waals surface area (Å²) in [6.45, 7) is 9.19. The molecule has 0 spiro atoms. The van der Waals surface area contributed by atoms with Crippen LogP contribution in [-0.2, 0) is 0 Å². The average Bonchev–Trinajstić information content (AvgIpc) is 2.79. The minimum atomic E-state index is 0.566. The molecular weight excluding hydrogens is 364 g/mol. The van der Waals surface area contributed by atoms with Gasteiger partial charge in [-0.05, 0) is 72.9 Å². The maximum Gasteiger partial charge on any atom is 0.0623 e. The highest BCUT2D eigenvalue weighted by Gasteiger charge is 2.20. The van der Waals surface area contributed by atoms with Crippen LogP contribution in [0.1, 0.15) is 76.3 Å². The Morgan fingerprint density at radius 2 is 1.00 bits per heavy atom. The number of rotatable bonds is 10. The third kappa shape index (κ3) is 5.05. The zero-order valence-electron chi connectivity index (χ0n) is 18.9. The molecule has 0 amide bonds. The molecule has 3 rings (SSSR count). The van der Waals surface area contributed by atoms with Crippen molar-refractivity contribution in [3.8, 4) is 0 Å². The predicted octanol–water partition coefficient (Wildman–Crippen LogP) is 8.98. The van der Waals surface area contributed by atoms with E-state index in [1.54, 1.807) is 0 Å². The average molecular weight is 401 g/mol. The molecule has 3 aromatic rings. The third-order valence-electron chi connectivity index (χ3n) is 6.22. The van der Waals surface area contributed by atoms with Gasteiger partial charge in [0, 0.05) is 11.4 Å². The predicted molar refractivity (Wildman–Crippen MR) is 133 cm³/mol. The molecule has 0 saturated heterocycles. The fourth-order valence-corrected chi connectivity index (χ4v) is 4.38. The smallest absolute Gasteiger partial charge is 0.0623 e. The van der Waals surface area contributed by atoms with Gasteiger partial charge in [-0.1, -0.05) is 76.2 Å². The van der Waals surface area contributed by atoms with Crippen molar-refractivity contribution in [2.75, 3.05) is 10.6 Å². The first-order valence-corrected chi connectivity index (χ1v) is 11.5. The Bertz CT molecular complexity index is 879. The summed E-state index contributed by atoms with van der Waals surface area (Å²) in [6, 6.07) is 25.8. The van der Waals surface area contributed by atoms with Gasteiger partial charge < -0.3 is 10.6 Å². The Labute approximate surface area is 182 Å². The van der Waals surface area contributed by atoms with Crippen LogP contribution in [0.2, 0.25) is 0 Å². The summed E-state index contributed by atoms with van der Waals surface area (Å²) in [7, 11) is 0. The Kier molecular flexibility index (Phi) is 7.96. The Balaban J connectivity index is 2.05. The fraction of sp³-hybridized carbons (Fsp3) is 0.357. The Hall–Kier alpha value is -2.74. The van der Waals surface area contributed by atoms with Gasteiger partial charge in [0.05, 0.1) is 11.4 Å². The summed E-state index contributed by atoms with van der Waals surface area (Å²) in [4.78, 5) is 0. The van der Waals surface area contributed by atoms with Crippen molar-refractivity contribution in [2.24, 2.45) is 0 Å². The second-order valence-corrected chi connectivity index (χ2v) is 8.00. The molecule has 30 heavy (non-hydrogen) atoms. The monoisotopic (exact) mass is 400 g/mol.